The van der Waals surface area contributed by atoms with Crippen LogP contribution in [0.2, 0.25) is 0 Å². The maximum absolute atomic E-state index is 8.94. The van der Waals surface area contributed by atoms with Gasteiger partial charge in [-0.2, -0.15) is 0 Å². The van der Waals surface area contributed by atoms with Gasteiger partial charge in [0.15, 0.2) is 0 Å². The molecule has 0 rings (SSSR count). The molecule has 0 fully saturated rings. The van der Waals surface area contributed by atoms with Crippen molar-refractivity contribution in [1.29, 1.82) is 0 Å². The molecule has 0 aromatic carbocycles. The van der Waals surface area contributed by atoms with Crippen LogP contribution in [0.1, 0.15) is 20.8 Å². The molecule has 0 spiro atoms. The van der Waals surface area contributed by atoms with Crippen LogP contribution in [0.3, 0.4) is 0 Å². The molecule has 0 aliphatic carbocycles. The van der Waals surface area contributed by atoms with E-state index in [-0.39, 0.29) is 18.2 Å². The van der Waals surface area contributed by atoms with E-state index in [4.69, 9.17) is 10.2 Å². The minimum absolute atomic E-state index is 0. The van der Waals surface area contributed by atoms with Gasteiger partial charge >= 0.3 is 0 Å². The van der Waals surface area contributed by atoms with Gasteiger partial charge in [-0.1, -0.05) is 20.8 Å². The van der Waals surface area contributed by atoms with E-state index in [1.807, 2.05) is 20.8 Å². The molecule has 0 saturated heterocycles. The molecule has 0 bridgehead atoms. The summed E-state index contributed by atoms with van der Waals surface area (Å²) in [7, 11) is 0. The summed E-state index contributed by atoms with van der Waals surface area (Å²) in [5, 5.41) is 17.4. The first-order valence-electron chi connectivity index (χ1n) is 2.77. The van der Waals surface area contributed by atoms with Crippen LogP contribution >= 0.6 is 0 Å². The molecule has 5 N–H and O–H groups in total. The summed E-state index contributed by atoms with van der Waals surface area (Å²) in [6.07, 6.45) is -0.595. The summed E-state index contributed by atoms with van der Waals surface area (Å²) in [4.78, 5) is 0. The summed E-state index contributed by atoms with van der Waals surface area (Å²) >= 11 is 0. The Morgan fingerprint density at radius 3 is 1.67 bits per heavy atom. The highest BCUT2D eigenvalue weighted by Crippen LogP contribution is 2.17. The Morgan fingerprint density at radius 1 is 1.33 bits per heavy atom. The van der Waals surface area contributed by atoms with Gasteiger partial charge in [0.25, 0.3) is 0 Å². The molecule has 1 atom stereocenters. The van der Waals surface area contributed by atoms with Gasteiger partial charge in [-0.25, -0.2) is 0 Å². The standard InChI is InChI=1S/C6H14O2.H3N/c1-6(2,3)5(8)4-7;/h5,7-8H,4H2,1-3H3;1H3. The van der Waals surface area contributed by atoms with Crippen LogP contribution in [0, 0.1) is 5.41 Å². The number of hydrogen-bond acceptors (Lipinski definition) is 3. The molecule has 0 aliphatic heterocycles. The van der Waals surface area contributed by atoms with Gasteiger partial charge in [-0.05, 0) is 5.41 Å². The van der Waals surface area contributed by atoms with Crippen LogP contribution in [0.4, 0.5) is 0 Å². The van der Waals surface area contributed by atoms with Crippen molar-refractivity contribution in [3.63, 3.8) is 0 Å². The van der Waals surface area contributed by atoms with Crippen molar-refractivity contribution < 1.29 is 10.2 Å². The summed E-state index contributed by atoms with van der Waals surface area (Å²) in [5.74, 6) is 0. The van der Waals surface area contributed by atoms with Crippen LogP contribution in [0.5, 0.6) is 0 Å². The lowest BCUT2D eigenvalue weighted by Gasteiger charge is -2.23. The highest BCUT2D eigenvalue weighted by molar-refractivity contribution is 4.70. The fraction of sp³-hybridized carbons (Fsp3) is 1.00. The minimum atomic E-state index is -0.595. The molecular formula is C6H17NO2. The van der Waals surface area contributed by atoms with Gasteiger partial charge in [0, 0.05) is 0 Å². The third-order valence-electron chi connectivity index (χ3n) is 1.17. The average Bonchev–Trinajstić information content (AvgIpc) is 1.62. The topological polar surface area (TPSA) is 75.5 Å². The van der Waals surface area contributed by atoms with Crippen LogP contribution in [-0.4, -0.2) is 22.9 Å². The van der Waals surface area contributed by atoms with Crippen LogP contribution in [0.25, 0.3) is 0 Å². The summed E-state index contributed by atoms with van der Waals surface area (Å²) in [5.41, 5.74) is -0.186. The smallest absolute Gasteiger partial charge is 0.0819 e. The van der Waals surface area contributed by atoms with Crippen molar-refractivity contribution in [3.05, 3.63) is 0 Å². The Kier molecular flexibility index (Phi) is 4.95. The molecule has 1 unspecified atom stereocenters. The zero-order valence-corrected chi connectivity index (χ0v) is 6.39. The van der Waals surface area contributed by atoms with Gasteiger partial charge in [0.05, 0.1) is 12.7 Å². The Hall–Kier alpha value is -0.120. The van der Waals surface area contributed by atoms with Gasteiger partial charge in [0.2, 0.25) is 0 Å². The first-order chi connectivity index (χ1) is 3.48. The predicted octanol–water partition coefficient (Wildman–Crippen LogP) is 0.548. The van der Waals surface area contributed by atoms with E-state index in [2.05, 4.69) is 0 Å². The summed E-state index contributed by atoms with van der Waals surface area (Å²) < 4.78 is 0. The third kappa shape index (κ3) is 4.39. The number of aliphatic hydroxyl groups excluding tert-OH is 2. The second kappa shape index (κ2) is 3.82. The highest BCUT2D eigenvalue weighted by atomic mass is 16.3. The second-order valence-electron chi connectivity index (χ2n) is 3.06. The fourth-order valence-electron chi connectivity index (χ4n) is 0.274. The van der Waals surface area contributed by atoms with E-state index in [0.717, 1.165) is 0 Å². The highest BCUT2D eigenvalue weighted by Gasteiger charge is 2.20. The molecule has 0 aromatic heterocycles. The van der Waals surface area contributed by atoms with Gasteiger partial charge in [-0.3, -0.25) is 0 Å². The van der Waals surface area contributed by atoms with E-state index < -0.39 is 6.10 Å². The summed E-state index contributed by atoms with van der Waals surface area (Å²) in [6.45, 7) is 5.50. The normalized spacial score (nSPS) is 14.3. The molecular weight excluding hydrogens is 118 g/mol. The molecule has 0 aromatic rings. The molecule has 3 nitrogen and oxygen atoms in total. The zero-order valence-electron chi connectivity index (χ0n) is 6.39. The number of hydrogen-bond donors (Lipinski definition) is 3. The van der Waals surface area contributed by atoms with Crippen molar-refractivity contribution in [3.8, 4) is 0 Å². The molecule has 9 heavy (non-hydrogen) atoms. The lowest BCUT2D eigenvalue weighted by molar-refractivity contribution is 0.0133. The molecule has 0 radical (unpaired) electrons. The predicted molar refractivity (Wildman–Crippen MR) is 37.6 cm³/mol. The van der Waals surface area contributed by atoms with Gasteiger partial charge in [-0.15, -0.1) is 0 Å². The molecule has 0 heterocycles. The quantitative estimate of drug-likeness (QED) is 0.491. The Bertz CT molecular complexity index is 67.9. The van der Waals surface area contributed by atoms with E-state index in [9.17, 15) is 0 Å². The third-order valence-corrected chi connectivity index (χ3v) is 1.17. The molecule has 0 saturated carbocycles. The number of rotatable bonds is 1. The number of aliphatic hydroxyl groups is 2. The van der Waals surface area contributed by atoms with Crippen LogP contribution < -0.4 is 6.15 Å². The Labute approximate surface area is 56.3 Å². The van der Waals surface area contributed by atoms with Crippen molar-refractivity contribution in [1.82, 2.24) is 6.15 Å². The summed E-state index contributed by atoms with van der Waals surface area (Å²) in [6, 6.07) is 0. The lowest BCUT2D eigenvalue weighted by atomic mass is 9.90. The van der Waals surface area contributed by atoms with Crippen LogP contribution in [-0.2, 0) is 0 Å². The van der Waals surface area contributed by atoms with E-state index in [1.54, 1.807) is 0 Å². The molecule has 0 amide bonds. The second-order valence-corrected chi connectivity index (χ2v) is 3.06. The largest absolute Gasteiger partial charge is 0.394 e. The first kappa shape index (κ1) is 11.6. The monoisotopic (exact) mass is 135 g/mol. The van der Waals surface area contributed by atoms with Gasteiger partial charge in [0.1, 0.15) is 0 Å². The van der Waals surface area contributed by atoms with Crippen molar-refractivity contribution >= 4 is 0 Å². The van der Waals surface area contributed by atoms with Crippen molar-refractivity contribution in [2.45, 2.75) is 26.9 Å². The molecule has 58 valence electrons. The van der Waals surface area contributed by atoms with E-state index >= 15 is 0 Å². The van der Waals surface area contributed by atoms with E-state index in [0.29, 0.717) is 0 Å². The Balaban J connectivity index is 0. The zero-order chi connectivity index (χ0) is 6.78. The van der Waals surface area contributed by atoms with Crippen LogP contribution in [0.15, 0.2) is 0 Å². The van der Waals surface area contributed by atoms with E-state index in [1.165, 1.54) is 0 Å². The van der Waals surface area contributed by atoms with Crippen molar-refractivity contribution in [2.24, 2.45) is 5.41 Å². The first-order valence-corrected chi connectivity index (χ1v) is 2.77. The Morgan fingerprint density at radius 2 is 1.67 bits per heavy atom. The maximum Gasteiger partial charge on any atom is 0.0819 e. The minimum Gasteiger partial charge on any atom is -0.394 e. The fourth-order valence-corrected chi connectivity index (χ4v) is 0.274. The maximum atomic E-state index is 8.94. The molecule has 0 aliphatic rings. The average molecular weight is 135 g/mol. The molecule has 3 heteroatoms. The SMILES string of the molecule is CC(C)(C)C(O)CO.N. The van der Waals surface area contributed by atoms with Gasteiger partial charge < -0.3 is 16.4 Å². The van der Waals surface area contributed by atoms with Crippen molar-refractivity contribution in [2.75, 3.05) is 6.61 Å². The lowest BCUT2D eigenvalue weighted by Crippen LogP contribution is -2.29.